The van der Waals surface area contributed by atoms with E-state index in [0.29, 0.717) is 0 Å². The van der Waals surface area contributed by atoms with E-state index in [1.807, 2.05) is 0 Å². The number of hydrogen-bond acceptors (Lipinski definition) is 5. The minimum Gasteiger partial charge on any atom is -0.465 e. The molecule has 0 aromatic rings. The fraction of sp³-hybridized carbons (Fsp3) is 0.909. The second kappa shape index (κ2) is 3.95. The highest BCUT2D eigenvalue weighted by atomic mass is 32.2. The van der Waals surface area contributed by atoms with Crippen LogP contribution in [-0.4, -0.2) is 55.5 Å². The zero-order valence-electron chi connectivity index (χ0n) is 11.3. The summed E-state index contributed by atoms with van der Waals surface area (Å²) in [5.41, 5.74) is 0. The van der Waals surface area contributed by atoms with Crippen molar-refractivity contribution in [2.24, 2.45) is 0 Å². The van der Waals surface area contributed by atoms with Gasteiger partial charge in [0, 0.05) is 0 Å². The number of esters is 1. The van der Waals surface area contributed by atoms with Crippen LogP contribution >= 0.6 is 0 Å². The lowest BCUT2D eigenvalue weighted by Crippen LogP contribution is -2.80. The van der Waals surface area contributed by atoms with Crippen LogP contribution in [0.5, 0.6) is 0 Å². The van der Waals surface area contributed by atoms with Crippen LogP contribution in [-0.2, 0) is 19.4 Å². The van der Waals surface area contributed by atoms with Gasteiger partial charge < -0.3 is 9.64 Å². The highest BCUT2D eigenvalue weighted by molar-refractivity contribution is 7.96. The van der Waals surface area contributed by atoms with Crippen LogP contribution in [0.2, 0.25) is 0 Å². The van der Waals surface area contributed by atoms with Gasteiger partial charge in [-0.2, -0.15) is 0 Å². The van der Waals surface area contributed by atoms with Gasteiger partial charge in [-0.25, -0.2) is 8.42 Å². The molecule has 17 heavy (non-hydrogen) atoms. The van der Waals surface area contributed by atoms with Crippen molar-refractivity contribution in [3.05, 3.63) is 0 Å². The number of rotatable bonds is 3. The standard InChI is InChI=1S/C11H21NO4S/c1-7-16-9(13)11(4)8(12(5)6)10(2,3)17(11,14)15/h8H,7H2,1-6H3/t8-,11+/m0/s1. The zero-order chi connectivity index (χ0) is 13.6. The van der Waals surface area contributed by atoms with Crippen molar-refractivity contribution in [3.8, 4) is 0 Å². The molecule has 0 aromatic carbocycles. The van der Waals surface area contributed by atoms with E-state index in [-0.39, 0.29) is 12.6 Å². The summed E-state index contributed by atoms with van der Waals surface area (Å²) < 4.78 is 27.1. The molecule has 1 fully saturated rings. The Morgan fingerprint density at radius 2 is 1.76 bits per heavy atom. The Kier molecular flexibility index (Phi) is 3.35. The first-order valence-corrected chi connectivity index (χ1v) is 7.11. The summed E-state index contributed by atoms with van der Waals surface area (Å²) in [6.07, 6.45) is 0. The van der Waals surface area contributed by atoms with Crippen molar-refractivity contribution in [1.82, 2.24) is 4.90 Å². The van der Waals surface area contributed by atoms with E-state index in [1.54, 1.807) is 39.8 Å². The van der Waals surface area contributed by atoms with E-state index >= 15 is 0 Å². The molecule has 0 saturated carbocycles. The molecule has 5 nitrogen and oxygen atoms in total. The second-order valence-corrected chi connectivity index (χ2v) is 8.21. The molecule has 1 heterocycles. The Bertz CT molecular complexity index is 427. The van der Waals surface area contributed by atoms with Gasteiger partial charge in [-0.1, -0.05) is 0 Å². The maximum atomic E-state index is 12.3. The molecular weight excluding hydrogens is 242 g/mol. The Morgan fingerprint density at radius 1 is 1.29 bits per heavy atom. The second-order valence-electron chi connectivity index (χ2n) is 5.30. The number of carbonyl (C=O) groups is 1. The van der Waals surface area contributed by atoms with Crippen molar-refractivity contribution in [1.29, 1.82) is 0 Å². The lowest BCUT2D eigenvalue weighted by Gasteiger charge is -2.57. The predicted octanol–water partition coefficient (Wildman–Crippen LogP) is 0.445. The summed E-state index contributed by atoms with van der Waals surface area (Å²) in [4.78, 5) is 13.7. The molecule has 0 radical (unpaired) electrons. The molecule has 0 amide bonds. The van der Waals surface area contributed by atoms with Crippen LogP contribution in [0.25, 0.3) is 0 Å². The largest absolute Gasteiger partial charge is 0.465 e. The topological polar surface area (TPSA) is 63.7 Å². The lowest BCUT2D eigenvalue weighted by molar-refractivity contribution is -0.149. The third-order valence-electron chi connectivity index (χ3n) is 3.63. The summed E-state index contributed by atoms with van der Waals surface area (Å²) in [7, 11) is 0.0208. The van der Waals surface area contributed by atoms with Crippen LogP contribution in [0.4, 0.5) is 0 Å². The van der Waals surface area contributed by atoms with Gasteiger partial charge in [0.2, 0.25) is 0 Å². The van der Waals surface area contributed by atoms with E-state index in [2.05, 4.69) is 0 Å². The molecule has 0 aromatic heterocycles. The Morgan fingerprint density at radius 3 is 2.12 bits per heavy atom. The van der Waals surface area contributed by atoms with Crippen LogP contribution in [0.1, 0.15) is 27.7 Å². The maximum Gasteiger partial charge on any atom is 0.328 e. The molecule has 1 aliphatic heterocycles. The van der Waals surface area contributed by atoms with Crippen molar-refractivity contribution < 1.29 is 17.9 Å². The van der Waals surface area contributed by atoms with Gasteiger partial charge in [0.25, 0.3) is 0 Å². The summed E-state index contributed by atoms with van der Waals surface area (Å²) in [5, 5.41) is 0. The van der Waals surface area contributed by atoms with Crippen molar-refractivity contribution in [2.45, 2.75) is 43.2 Å². The van der Waals surface area contributed by atoms with E-state index in [1.165, 1.54) is 6.92 Å². The van der Waals surface area contributed by atoms with Gasteiger partial charge in [-0.15, -0.1) is 0 Å². The molecule has 1 rings (SSSR count). The van der Waals surface area contributed by atoms with Gasteiger partial charge in [0.05, 0.1) is 17.4 Å². The van der Waals surface area contributed by atoms with Gasteiger partial charge in [-0.3, -0.25) is 4.79 Å². The highest BCUT2D eigenvalue weighted by Crippen LogP contribution is 2.51. The van der Waals surface area contributed by atoms with Crippen molar-refractivity contribution in [2.75, 3.05) is 20.7 Å². The summed E-state index contributed by atoms with van der Waals surface area (Å²) in [5.74, 6) is -0.655. The molecule has 6 heteroatoms. The molecule has 0 unspecified atom stereocenters. The third-order valence-corrected chi connectivity index (χ3v) is 6.74. The molecule has 0 aliphatic carbocycles. The van der Waals surface area contributed by atoms with Crippen molar-refractivity contribution >= 4 is 15.8 Å². The third kappa shape index (κ3) is 1.53. The number of sulfone groups is 1. The Labute approximate surface area is 103 Å². The molecule has 0 N–H and O–H groups in total. The number of hydrogen-bond donors (Lipinski definition) is 0. The van der Waals surface area contributed by atoms with E-state index < -0.39 is 25.3 Å². The van der Waals surface area contributed by atoms with Crippen LogP contribution in [0, 0.1) is 0 Å². The molecule has 100 valence electrons. The number of ether oxygens (including phenoxy) is 1. The highest BCUT2D eigenvalue weighted by Gasteiger charge is 2.75. The molecule has 2 atom stereocenters. The Hall–Kier alpha value is -0.620. The maximum absolute atomic E-state index is 12.3. The SMILES string of the molecule is CCOC(=O)[C@@]1(C)[C@@H](N(C)C)C(C)(C)S1(=O)=O. The fourth-order valence-corrected chi connectivity index (χ4v) is 5.78. The van der Waals surface area contributed by atoms with Crippen LogP contribution < -0.4 is 0 Å². The van der Waals surface area contributed by atoms with Crippen LogP contribution in [0.3, 0.4) is 0 Å². The van der Waals surface area contributed by atoms with E-state index in [9.17, 15) is 13.2 Å². The molecule has 0 bridgehead atoms. The molecule has 1 aliphatic rings. The number of carbonyl (C=O) groups excluding carboxylic acids is 1. The lowest BCUT2D eigenvalue weighted by atomic mass is 9.87. The van der Waals surface area contributed by atoms with Gasteiger partial charge in [0.15, 0.2) is 14.6 Å². The Balaban J connectivity index is 3.27. The van der Waals surface area contributed by atoms with E-state index in [4.69, 9.17) is 4.74 Å². The normalized spacial score (nSPS) is 34.2. The monoisotopic (exact) mass is 263 g/mol. The molecule has 0 spiro atoms. The average Bonchev–Trinajstić information content (AvgIpc) is 2.15. The predicted molar refractivity (Wildman–Crippen MR) is 65.5 cm³/mol. The smallest absolute Gasteiger partial charge is 0.328 e. The summed E-state index contributed by atoms with van der Waals surface area (Å²) >= 11 is 0. The van der Waals surface area contributed by atoms with Crippen molar-refractivity contribution in [3.63, 3.8) is 0 Å². The van der Waals surface area contributed by atoms with Gasteiger partial charge >= 0.3 is 5.97 Å². The fourth-order valence-electron chi connectivity index (χ4n) is 3.06. The van der Waals surface area contributed by atoms with E-state index in [0.717, 1.165) is 0 Å². The summed E-state index contributed by atoms with van der Waals surface area (Å²) in [6, 6.07) is -0.376. The number of nitrogens with zero attached hydrogens (tertiary/aromatic N) is 1. The minimum atomic E-state index is -3.53. The van der Waals surface area contributed by atoms with Gasteiger partial charge in [0.1, 0.15) is 0 Å². The first-order valence-electron chi connectivity index (χ1n) is 5.63. The summed E-state index contributed by atoms with van der Waals surface area (Å²) in [6.45, 7) is 6.60. The quantitative estimate of drug-likeness (QED) is 0.692. The molecular formula is C11H21NO4S. The minimum absolute atomic E-state index is 0.185. The first kappa shape index (κ1) is 14.4. The average molecular weight is 263 g/mol. The molecule has 1 saturated heterocycles. The first-order chi connectivity index (χ1) is 7.55. The van der Waals surface area contributed by atoms with Gasteiger partial charge in [-0.05, 0) is 41.8 Å². The zero-order valence-corrected chi connectivity index (χ0v) is 12.1. The van der Waals surface area contributed by atoms with Crippen LogP contribution in [0.15, 0.2) is 0 Å².